The molecular formula is C15H26N2O. The number of amides is 1. The van der Waals surface area contributed by atoms with E-state index in [0.717, 1.165) is 24.3 Å². The molecule has 0 heterocycles. The number of carbonyl (C=O) groups is 1. The molecule has 4 bridgehead atoms. The van der Waals surface area contributed by atoms with Crippen molar-refractivity contribution in [1.82, 2.24) is 5.32 Å². The average molecular weight is 250 g/mol. The minimum Gasteiger partial charge on any atom is -0.356 e. The van der Waals surface area contributed by atoms with Gasteiger partial charge in [0.25, 0.3) is 0 Å². The van der Waals surface area contributed by atoms with Crippen LogP contribution in [-0.2, 0) is 4.79 Å². The fraction of sp³-hybridized carbons (Fsp3) is 0.933. The highest BCUT2D eigenvalue weighted by atomic mass is 16.1. The van der Waals surface area contributed by atoms with Crippen LogP contribution in [0.3, 0.4) is 0 Å². The van der Waals surface area contributed by atoms with E-state index in [0.29, 0.717) is 18.4 Å². The number of nitrogens with two attached hydrogens (primary N) is 1. The molecule has 4 rings (SSSR count). The maximum Gasteiger partial charge on any atom is 0.221 e. The van der Waals surface area contributed by atoms with Crippen molar-refractivity contribution in [3.05, 3.63) is 0 Å². The lowest BCUT2D eigenvalue weighted by Crippen LogP contribution is -2.47. The van der Waals surface area contributed by atoms with Crippen LogP contribution in [-0.4, -0.2) is 19.0 Å². The third kappa shape index (κ3) is 2.42. The molecule has 0 aromatic carbocycles. The number of hydrogen-bond donors (Lipinski definition) is 2. The Morgan fingerprint density at radius 3 is 2.17 bits per heavy atom. The molecule has 0 spiro atoms. The molecular weight excluding hydrogens is 224 g/mol. The Bertz CT molecular complexity index is 291. The lowest BCUT2D eigenvalue weighted by molar-refractivity contribution is -0.121. The summed E-state index contributed by atoms with van der Waals surface area (Å²) in [5, 5.41) is 3.04. The van der Waals surface area contributed by atoms with Gasteiger partial charge in [-0.05, 0) is 68.1 Å². The van der Waals surface area contributed by atoms with E-state index < -0.39 is 0 Å². The van der Waals surface area contributed by atoms with Gasteiger partial charge in [-0.25, -0.2) is 0 Å². The highest BCUT2D eigenvalue weighted by Gasteiger charge is 2.50. The van der Waals surface area contributed by atoms with Crippen LogP contribution in [0.15, 0.2) is 0 Å². The standard InChI is InChI=1S/C15H26N2O/c16-3-1-14(18)17-4-2-15-8-11-5-12(9-15)7-13(6-11)10-15/h11-13H,1-10,16H2,(H,17,18). The Kier molecular flexibility index (Phi) is 3.35. The Morgan fingerprint density at radius 1 is 1.11 bits per heavy atom. The summed E-state index contributed by atoms with van der Waals surface area (Å²) in [6, 6.07) is 0. The molecule has 0 unspecified atom stereocenters. The van der Waals surface area contributed by atoms with E-state index in [1.165, 1.54) is 44.9 Å². The summed E-state index contributed by atoms with van der Waals surface area (Å²) in [4.78, 5) is 11.4. The Balaban J connectivity index is 1.51. The van der Waals surface area contributed by atoms with Gasteiger partial charge in [-0.3, -0.25) is 4.79 Å². The van der Waals surface area contributed by atoms with E-state index in [9.17, 15) is 4.79 Å². The lowest BCUT2D eigenvalue weighted by Gasteiger charge is -2.57. The van der Waals surface area contributed by atoms with Gasteiger partial charge in [-0.15, -0.1) is 0 Å². The van der Waals surface area contributed by atoms with Crippen LogP contribution in [0.1, 0.15) is 51.4 Å². The fourth-order valence-electron chi connectivity index (χ4n) is 5.28. The summed E-state index contributed by atoms with van der Waals surface area (Å²) in [6.45, 7) is 1.33. The molecule has 4 fully saturated rings. The van der Waals surface area contributed by atoms with E-state index >= 15 is 0 Å². The van der Waals surface area contributed by atoms with Gasteiger partial charge >= 0.3 is 0 Å². The molecule has 0 saturated heterocycles. The highest BCUT2D eigenvalue weighted by Crippen LogP contribution is 2.61. The Labute approximate surface area is 110 Å². The summed E-state index contributed by atoms with van der Waals surface area (Å²) in [7, 11) is 0. The zero-order valence-corrected chi connectivity index (χ0v) is 11.3. The smallest absolute Gasteiger partial charge is 0.221 e. The monoisotopic (exact) mass is 250 g/mol. The normalized spacial score (nSPS) is 41.1. The Morgan fingerprint density at radius 2 is 1.67 bits per heavy atom. The van der Waals surface area contributed by atoms with Crippen LogP contribution in [0.2, 0.25) is 0 Å². The lowest BCUT2D eigenvalue weighted by atomic mass is 9.49. The van der Waals surface area contributed by atoms with Crippen LogP contribution < -0.4 is 11.1 Å². The van der Waals surface area contributed by atoms with Crippen molar-refractivity contribution in [3.8, 4) is 0 Å². The first-order valence-electron chi connectivity index (χ1n) is 7.66. The first kappa shape index (κ1) is 12.5. The van der Waals surface area contributed by atoms with Crippen molar-refractivity contribution in [1.29, 1.82) is 0 Å². The van der Waals surface area contributed by atoms with Crippen LogP contribution in [0, 0.1) is 23.2 Å². The molecule has 102 valence electrons. The molecule has 3 nitrogen and oxygen atoms in total. The Hall–Kier alpha value is -0.570. The predicted molar refractivity (Wildman–Crippen MR) is 71.9 cm³/mol. The van der Waals surface area contributed by atoms with Crippen LogP contribution >= 0.6 is 0 Å². The van der Waals surface area contributed by atoms with Gasteiger partial charge in [-0.2, -0.15) is 0 Å². The average Bonchev–Trinajstić information content (AvgIpc) is 2.26. The molecule has 4 saturated carbocycles. The third-order valence-electron chi connectivity index (χ3n) is 5.51. The summed E-state index contributed by atoms with van der Waals surface area (Å²) in [6.07, 6.45) is 10.5. The first-order valence-corrected chi connectivity index (χ1v) is 7.66. The molecule has 1 amide bonds. The quantitative estimate of drug-likeness (QED) is 0.784. The SMILES string of the molecule is NCCC(=O)NCCC12CC3CC(CC(C3)C1)C2. The molecule has 18 heavy (non-hydrogen) atoms. The van der Waals surface area contributed by atoms with E-state index in [1.807, 2.05) is 0 Å². The number of nitrogens with one attached hydrogen (secondary N) is 1. The van der Waals surface area contributed by atoms with Crippen LogP contribution in [0.4, 0.5) is 0 Å². The maximum absolute atomic E-state index is 11.4. The molecule has 0 radical (unpaired) electrons. The molecule has 0 aromatic rings. The molecule has 0 atom stereocenters. The van der Waals surface area contributed by atoms with Crippen molar-refractivity contribution < 1.29 is 4.79 Å². The van der Waals surface area contributed by atoms with Crippen molar-refractivity contribution in [2.45, 2.75) is 51.4 Å². The largest absolute Gasteiger partial charge is 0.356 e. The third-order valence-corrected chi connectivity index (χ3v) is 5.51. The number of rotatable bonds is 5. The second kappa shape index (κ2) is 4.84. The van der Waals surface area contributed by atoms with Crippen molar-refractivity contribution in [3.63, 3.8) is 0 Å². The fourth-order valence-corrected chi connectivity index (χ4v) is 5.28. The molecule has 0 aromatic heterocycles. The summed E-state index contributed by atoms with van der Waals surface area (Å²) >= 11 is 0. The van der Waals surface area contributed by atoms with Gasteiger partial charge in [0.1, 0.15) is 0 Å². The van der Waals surface area contributed by atoms with E-state index in [1.54, 1.807) is 0 Å². The molecule has 4 aliphatic carbocycles. The van der Waals surface area contributed by atoms with Crippen molar-refractivity contribution >= 4 is 5.91 Å². The second-order valence-corrected chi connectivity index (χ2v) is 7.06. The molecule has 4 aliphatic rings. The first-order chi connectivity index (χ1) is 8.69. The highest BCUT2D eigenvalue weighted by molar-refractivity contribution is 5.75. The minimum atomic E-state index is 0.127. The second-order valence-electron chi connectivity index (χ2n) is 7.06. The number of hydrogen-bond acceptors (Lipinski definition) is 2. The van der Waals surface area contributed by atoms with E-state index in [-0.39, 0.29) is 5.91 Å². The van der Waals surface area contributed by atoms with Gasteiger partial charge in [0.2, 0.25) is 5.91 Å². The minimum absolute atomic E-state index is 0.127. The summed E-state index contributed by atoms with van der Waals surface area (Å²) in [5.41, 5.74) is 5.97. The van der Waals surface area contributed by atoms with Crippen LogP contribution in [0.25, 0.3) is 0 Å². The summed E-state index contributed by atoms with van der Waals surface area (Å²) < 4.78 is 0. The van der Waals surface area contributed by atoms with Gasteiger partial charge in [0.15, 0.2) is 0 Å². The molecule has 3 N–H and O–H groups in total. The zero-order valence-electron chi connectivity index (χ0n) is 11.3. The van der Waals surface area contributed by atoms with E-state index in [4.69, 9.17) is 5.73 Å². The van der Waals surface area contributed by atoms with Gasteiger partial charge in [-0.1, -0.05) is 0 Å². The molecule has 3 heteroatoms. The van der Waals surface area contributed by atoms with Crippen LogP contribution in [0.5, 0.6) is 0 Å². The number of carbonyl (C=O) groups excluding carboxylic acids is 1. The van der Waals surface area contributed by atoms with Crippen molar-refractivity contribution in [2.24, 2.45) is 28.9 Å². The van der Waals surface area contributed by atoms with Gasteiger partial charge in [0, 0.05) is 19.5 Å². The summed E-state index contributed by atoms with van der Waals surface area (Å²) in [5.74, 6) is 3.16. The topological polar surface area (TPSA) is 55.1 Å². The zero-order chi connectivity index (χ0) is 12.6. The van der Waals surface area contributed by atoms with E-state index in [2.05, 4.69) is 5.32 Å². The van der Waals surface area contributed by atoms with Crippen molar-refractivity contribution in [2.75, 3.05) is 13.1 Å². The predicted octanol–water partition coefficient (Wildman–Crippen LogP) is 2.06. The maximum atomic E-state index is 11.4. The van der Waals surface area contributed by atoms with Gasteiger partial charge < -0.3 is 11.1 Å². The molecule has 0 aliphatic heterocycles. The van der Waals surface area contributed by atoms with Gasteiger partial charge in [0.05, 0.1) is 0 Å².